The van der Waals surface area contributed by atoms with Gasteiger partial charge in [-0.3, -0.25) is 9.59 Å². The van der Waals surface area contributed by atoms with Crippen LogP contribution in [0.1, 0.15) is 44.1 Å². The zero-order valence-electron chi connectivity index (χ0n) is 15.0. The van der Waals surface area contributed by atoms with Crippen LogP contribution in [0.4, 0.5) is 0 Å². The number of carbonyl (C=O) groups is 2. The highest BCUT2D eigenvalue weighted by molar-refractivity contribution is 5.85. The fraction of sp³-hybridized carbons (Fsp3) is 0.700. The molecule has 1 N–H and O–H groups in total. The Balaban J connectivity index is 1.09. The minimum Gasteiger partial charge on any atom is -0.472 e. The molecule has 1 unspecified atom stereocenters. The molecule has 2 aliphatic heterocycles. The first-order chi connectivity index (χ1) is 12.6. The second kappa shape index (κ2) is 5.84. The molecule has 1 aromatic heterocycles. The Labute approximate surface area is 153 Å². The number of ether oxygens (including phenoxy) is 1. The van der Waals surface area contributed by atoms with Crippen molar-refractivity contribution < 1.29 is 18.7 Å². The van der Waals surface area contributed by atoms with E-state index in [2.05, 4.69) is 5.32 Å². The quantitative estimate of drug-likeness (QED) is 0.872. The van der Waals surface area contributed by atoms with Gasteiger partial charge < -0.3 is 19.4 Å². The Morgan fingerprint density at radius 3 is 2.73 bits per heavy atom. The number of nitrogens with zero attached hydrogens (tertiary/aromatic N) is 1. The van der Waals surface area contributed by atoms with E-state index >= 15 is 0 Å². The van der Waals surface area contributed by atoms with Crippen molar-refractivity contribution in [2.45, 2.75) is 56.7 Å². The number of nitrogens with one attached hydrogen (secondary N) is 1. The molecular weight excluding hydrogens is 332 g/mol. The van der Waals surface area contributed by atoms with Crippen molar-refractivity contribution in [2.75, 3.05) is 19.6 Å². The van der Waals surface area contributed by atoms with Crippen LogP contribution in [0.15, 0.2) is 23.0 Å². The van der Waals surface area contributed by atoms with Gasteiger partial charge in [0.15, 0.2) is 0 Å². The van der Waals surface area contributed by atoms with E-state index < -0.39 is 0 Å². The molecule has 6 nitrogen and oxygen atoms in total. The molecule has 1 aromatic rings. The second-order valence-corrected chi connectivity index (χ2v) is 8.84. The molecule has 6 heteroatoms. The van der Waals surface area contributed by atoms with Gasteiger partial charge >= 0.3 is 0 Å². The summed E-state index contributed by atoms with van der Waals surface area (Å²) in [5.41, 5.74) is 0.689. The van der Waals surface area contributed by atoms with Crippen molar-refractivity contribution >= 4 is 11.8 Å². The van der Waals surface area contributed by atoms with E-state index in [9.17, 15) is 9.59 Å². The number of furan rings is 1. The molecule has 3 aliphatic carbocycles. The highest BCUT2D eigenvalue weighted by Crippen LogP contribution is 2.64. The van der Waals surface area contributed by atoms with Gasteiger partial charge in [-0.25, -0.2) is 0 Å². The Kier molecular flexibility index (Phi) is 3.68. The predicted octanol–water partition coefficient (Wildman–Crippen LogP) is 1.89. The van der Waals surface area contributed by atoms with Crippen LogP contribution in [0.2, 0.25) is 0 Å². The van der Waals surface area contributed by atoms with Crippen LogP contribution in [-0.4, -0.2) is 48.1 Å². The summed E-state index contributed by atoms with van der Waals surface area (Å²) in [6, 6.07) is 1.83. The molecule has 2 saturated heterocycles. The molecule has 0 radical (unpaired) electrons. The molecule has 6 rings (SSSR count). The lowest BCUT2D eigenvalue weighted by Crippen LogP contribution is -2.67. The van der Waals surface area contributed by atoms with Gasteiger partial charge in [-0.1, -0.05) is 0 Å². The Hall–Kier alpha value is -1.82. The number of amides is 2. The van der Waals surface area contributed by atoms with Crippen LogP contribution in [0.25, 0.3) is 0 Å². The first-order valence-corrected chi connectivity index (χ1v) is 9.81. The molecule has 2 bridgehead atoms. The van der Waals surface area contributed by atoms with E-state index in [0.717, 1.165) is 50.0 Å². The number of hydrogen-bond acceptors (Lipinski definition) is 4. The van der Waals surface area contributed by atoms with Crippen molar-refractivity contribution in [3.8, 4) is 0 Å². The smallest absolute Gasteiger partial charge is 0.227 e. The number of hydrogen-bond donors (Lipinski definition) is 1. The third-order valence-corrected chi connectivity index (χ3v) is 6.83. The van der Waals surface area contributed by atoms with E-state index in [1.54, 1.807) is 12.5 Å². The van der Waals surface area contributed by atoms with E-state index in [4.69, 9.17) is 9.15 Å². The fourth-order valence-electron chi connectivity index (χ4n) is 5.16. The van der Waals surface area contributed by atoms with Gasteiger partial charge in [0.05, 0.1) is 38.1 Å². The first kappa shape index (κ1) is 16.4. The topological polar surface area (TPSA) is 71.8 Å². The molecule has 26 heavy (non-hydrogen) atoms. The molecule has 5 aliphatic rings. The van der Waals surface area contributed by atoms with E-state index in [1.807, 2.05) is 11.0 Å². The Morgan fingerprint density at radius 2 is 2.08 bits per heavy atom. The molecule has 5 fully saturated rings. The molecule has 1 atom stereocenters. The predicted molar refractivity (Wildman–Crippen MR) is 93.2 cm³/mol. The Morgan fingerprint density at radius 1 is 1.27 bits per heavy atom. The van der Waals surface area contributed by atoms with Crippen LogP contribution in [-0.2, 0) is 20.7 Å². The average molecular weight is 358 g/mol. The Bertz CT molecular complexity index is 690. The van der Waals surface area contributed by atoms with Crippen molar-refractivity contribution in [2.24, 2.45) is 11.3 Å². The van der Waals surface area contributed by atoms with E-state index in [1.165, 1.54) is 0 Å². The standard InChI is InChI=1S/C20H26N2O4/c23-17(6-14-3-5-25-11-14)22-12-20(13-22)4-1-2-16(26-20)10-21-18(24)19-7-15(8-19)9-19/h3,5,11,15-16H,1-2,4,6-10,12-13H2,(H,21,24). The average Bonchev–Trinajstić information content (AvgIpc) is 3.00. The summed E-state index contributed by atoms with van der Waals surface area (Å²) in [4.78, 5) is 26.6. The summed E-state index contributed by atoms with van der Waals surface area (Å²) in [6.07, 6.45) is 10.0. The van der Waals surface area contributed by atoms with Crippen LogP contribution in [0.5, 0.6) is 0 Å². The summed E-state index contributed by atoms with van der Waals surface area (Å²) in [6.45, 7) is 1.94. The third-order valence-electron chi connectivity index (χ3n) is 6.83. The zero-order chi connectivity index (χ0) is 17.8. The number of likely N-dealkylation sites (tertiary alicyclic amines) is 1. The molecule has 3 heterocycles. The van der Waals surface area contributed by atoms with Crippen molar-refractivity contribution in [1.82, 2.24) is 10.2 Å². The number of rotatable bonds is 5. The fourth-order valence-corrected chi connectivity index (χ4v) is 5.16. The highest BCUT2D eigenvalue weighted by Gasteiger charge is 2.61. The number of carbonyl (C=O) groups excluding carboxylic acids is 2. The van der Waals surface area contributed by atoms with Gasteiger partial charge in [-0.2, -0.15) is 0 Å². The highest BCUT2D eigenvalue weighted by atomic mass is 16.5. The lowest BCUT2D eigenvalue weighted by atomic mass is 9.44. The van der Waals surface area contributed by atoms with Gasteiger partial charge in [-0.15, -0.1) is 0 Å². The first-order valence-electron chi connectivity index (χ1n) is 9.81. The SMILES string of the molecule is O=C(Cc1ccoc1)N1CC2(CCCC(CNC(=O)C34CC(C3)C4)O2)C1. The van der Waals surface area contributed by atoms with Gasteiger partial charge in [0.2, 0.25) is 11.8 Å². The van der Waals surface area contributed by atoms with Crippen molar-refractivity contribution in [3.05, 3.63) is 24.2 Å². The van der Waals surface area contributed by atoms with Gasteiger partial charge in [0.25, 0.3) is 0 Å². The van der Waals surface area contributed by atoms with Crippen LogP contribution < -0.4 is 5.32 Å². The maximum atomic E-state index is 12.3. The third kappa shape index (κ3) is 2.66. The summed E-state index contributed by atoms with van der Waals surface area (Å²) in [5.74, 6) is 1.17. The zero-order valence-corrected chi connectivity index (χ0v) is 15.0. The van der Waals surface area contributed by atoms with Gasteiger partial charge in [0.1, 0.15) is 5.60 Å². The molecule has 2 amide bonds. The summed E-state index contributed by atoms with van der Waals surface area (Å²) in [5, 5.41) is 3.13. The molecule has 140 valence electrons. The lowest BCUT2D eigenvalue weighted by molar-refractivity contribution is -0.202. The summed E-state index contributed by atoms with van der Waals surface area (Å²) >= 11 is 0. The molecule has 1 spiro atoms. The van der Waals surface area contributed by atoms with Gasteiger partial charge in [0, 0.05) is 12.0 Å². The minimum atomic E-state index is -0.198. The van der Waals surface area contributed by atoms with E-state index in [0.29, 0.717) is 26.1 Å². The monoisotopic (exact) mass is 358 g/mol. The van der Waals surface area contributed by atoms with E-state index in [-0.39, 0.29) is 28.9 Å². The molecule has 0 aromatic carbocycles. The van der Waals surface area contributed by atoms with Crippen LogP contribution in [0.3, 0.4) is 0 Å². The molecular formula is C20H26N2O4. The lowest BCUT2D eigenvalue weighted by Gasteiger charge is -2.60. The largest absolute Gasteiger partial charge is 0.472 e. The van der Waals surface area contributed by atoms with Crippen LogP contribution >= 0.6 is 0 Å². The minimum absolute atomic E-state index is 0.0240. The van der Waals surface area contributed by atoms with Crippen molar-refractivity contribution in [1.29, 1.82) is 0 Å². The second-order valence-electron chi connectivity index (χ2n) is 8.84. The summed E-state index contributed by atoms with van der Waals surface area (Å²) < 4.78 is 11.4. The van der Waals surface area contributed by atoms with Crippen LogP contribution in [0, 0.1) is 11.3 Å². The maximum Gasteiger partial charge on any atom is 0.227 e. The normalized spacial score (nSPS) is 33.8. The maximum absolute atomic E-state index is 12.3. The van der Waals surface area contributed by atoms with Gasteiger partial charge in [-0.05, 0) is 56.1 Å². The summed E-state index contributed by atoms with van der Waals surface area (Å²) in [7, 11) is 0. The molecule has 3 saturated carbocycles. The van der Waals surface area contributed by atoms with Crippen molar-refractivity contribution in [3.63, 3.8) is 0 Å².